The highest BCUT2D eigenvalue weighted by Gasteiger charge is 2.33. The average molecular weight is 383 g/mol. The van der Waals surface area contributed by atoms with Gasteiger partial charge in [0.15, 0.2) is 5.75 Å². The van der Waals surface area contributed by atoms with Crippen LogP contribution < -0.4 is 26.2 Å². The molecular weight excluding hydrogens is 358 g/mol. The highest BCUT2D eigenvalue weighted by atomic mass is 16.5. The van der Waals surface area contributed by atoms with Gasteiger partial charge in [-0.1, -0.05) is 0 Å². The molecule has 1 saturated carbocycles. The number of anilines is 1. The fourth-order valence-electron chi connectivity index (χ4n) is 4.38. The Hall–Kier alpha value is -2.79. The van der Waals surface area contributed by atoms with Crippen LogP contribution in [-0.4, -0.2) is 42.8 Å². The zero-order chi connectivity index (χ0) is 19.8. The van der Waals surface area contributed by atoms with E-state index in [-0.39, 0.29) is 23.3 Å². The van der Waals surface area contributed by atoms with Crippen molar-refractivity contribution in [3.63, 3.8) is 0 Å². The number of methoxy groups -OCH3 is 1. The lowest BCUT2D eigenvalue weighted by Gasteiger charge is -2.25. The summed E-state index contributed by atoms with van der Waals surface area (Å²) in [4.78, 5) is 29.5. The topological polar surface area (TPSA) is 103 Å². The molecule has 0 amide bonds. The highest BCUT2D eigenvalue weighted by Crippen LogP contribution is 2.42. The third-order valence-corrected chi connectivity index (χ3v) is 5.97. The number of nitriles is 1. The number of nitrogens with zero attached hydrogens (tertiary/aromatic N) is 3. The molecule has 1 aromatic heterocycles. The molecule has 8 heteroatoms. The monoisotopic (exact) mass is 383 g/mol. The maximum absolute atomic E-state index is 12.5. The lowest BCUT2D eigenvalue weighted by Crippen LogP contribution is -2.35. The van der Waals surface area contributed by atoms with Gasteiger partial charge in [0, 0.05) is 25.2 Å². The lowest BCUT2D eigenvalue weighted by molar-refractivity contribution is 0.404. The number of nitrogens with one attached hydrogen (secondary N) is 2. The number of fused-ring (bicyclic) bond motifs is 1. The summed E-state index contributed by atoms with van der Waals surface area (Å²) in [5, 5.41) is 12.8. The van der Waals surface area contributed by atoms with Gasteiger partial charge in [0.2, 0.25) is 0 Å². The Morgan fingerprint density at radius 3 is 2.79 bits per heavy atom. The SMILES string of the molecule is CNC(CC#N)C1CCN(c2ccc3c(=O)[nH]c(=O)n(C4CC4)c3c2OC)C1. The van der Waals surface area contributed by atoms with Crippen molar-refractivity contribution in [1.29, 1.82) is 5.26 Å². The van der Waals surface area contributed by atoms with E-state index in [1.807, 2.05) is 13.1 Å². The maximum atomic E-state index is 12.5. The van der Waals surface area contributed by atoms with Crippen molar-refractivity contribution in [3.8, 4) is 11.8 Å². The van der Waals surface area contributed by atoms with Gasteiger partial charge >= 0.3 is 5.69 Å². The number of ether oxygens (including phenoxy) is 1. The first-order valence-corrected chi connectivity index (χ1v) is 9.73. The zero-order valence-corrected chi connectivity index (χ0v) is 16.2. The first-order valence-electron chi connectivity index (χ1n) is 9.73. The van der Waals surface area contributed by atoms with Crippen LogP contribution >= 0.6 is 0 Å². The average Bonchev–Trinajstić information content (AvgIpc) is 3.40. The number of aromatic nitrogens is 2. The lowest BCUT2D eigenvalue weighted by atomic mass is 9.97. The van der Waals surface area contributed by atoms with Crippen LogP contribution in [0.2, 0.25) is 0 Å². The first-order chi connectivity index (χ1) is 13.6. The van der Waals surface area contributed by atoms with Gasteiger partial charge in [0.05, 0.1) is 30.7 Å². The predicted octanol–water partition coefficient (Wildman–Crippen LogP) is 1.36. The van der Waals surface area contributed by atoms with Crippen molar-refractivity contribution in [2.24, 2.45) is 5.92 Å². The predicted molar refractivity (Wildman–Crippen MR) is 107 cm³/mol. The fourth-order valence-corrected chi connectivity index (χ4v) is 4.38. The summed E-state index contributed by atoms with van der Waals surface area (Å²) in [6.45, 7) is 1.64. The first kappa shape index (κ1) is 18.6. The minimum absolute atomic E-state index is 0.117. The Labute approximate surface area is 162 Å². The van der Waals surface area contributed by atoms with Crippen LogP contribution in [0.25, 0.3) is 10.9 Å². The summed E-state index contributed by atoms with van der Waals surface area (Å²) >= 11 is 0. The van der Waals surface area contributed by atoms with Gasteiger partial charge in [-0.05, 0) is 44.4 Å². The molecule has 1 aliphatic heterocycles. The Morgan fingerprint density at radius 2 is 2.14 bits per heavy atom. The van der Waals surface area contributed by atoms with Crippen LogP contribution in [0.4, 0.5) is 5.69 Å². The highest BCUT2D eigenvalue weighted by molar-refractivity contribution is 5.90. The molecule has 0 radical (unpaired) electrons. The normalized spacial score (nSPS) is 20.3. The molecule has 2 aromatic rings. The van der Waals surface area contributed by atoms with Gasteiger partial charge in [0.25, 0.3) is 5.56 Å². The number of hydrogen-bond acceptors (Lipinski definition) is 6. The smallest absolute Gasteiger partial charge is 0.329 e. The van der Waals surface area contributed by atoms with Crippen LogP contribution in [0.3, 0.4) is 0 Å². The maximum Gasteiger partial charge on any atom is 0.329 e. The summed E-state index contributed by atoms with van der Waals surface area (Å²) in [5.41, 5.74) is 0.718. The van der Waals surface area contributed by atoms with E-state index in [1.165, 1.54) is 0 Å². The van der Waals surface area contributed by atoms with Crippen molar-refractivity contribution in [2.75, 3.05) is 32.1 Å². The molecule has 2 fully saturated rings. The number of benzene rings is 1. The number of hydrogen-bond donors (Lipinski definition) is 2. The van der Waals surface area contributed by atoms with Crippen molar-refractivity contribution in [2.45, 2.75) is 37.8 Å². The van der Waals surface area contributed by atoms with Crippen LogP contribution in [0.15, 0.2) is 21.7 Å². The molecule has 1 aromatic carbocycles. The number of rotatable bonds is 6. The molecular formula is C20H25N5O3. The molecule has 1 saturated heterocycles. The Bertz CT molecular complexity index is 1050. The van der Waals surface area contributed by atoms with Gasteiger partial charge in [-0.2, -0.15) is 5.26 Å². The summed E-state index contributed by atoms with van der Waals surface area (Å²) in [6, 6.07) is 6.20. The number of H-pyrrole nitrogens is 1. The van der Waals surface area contributed by atoms with Crippen LogP contribution in [0, 0.1) is 17.2 Å². The van der Waals surface area contributed by atoms with E-state index in [0.717, 1.165) is 38.0 Å². The van der Waals surface area contributed by atoms with Crippen molar-refractivity contribution < 1.29 is 4.74 Å². The van der Waals surface area contributed by atoms with E-state index in [4.69, 9.17) is 10.00 Å². The van der Waals surface area contributed by atoms with E-state index in [0.29, 0.717) is 29.0 Å². The summed E-state index contributed by atoms with van der Waals surface area (Å²) in [5.74, 6) is 0.935. The van der Waals surface area contributed by atoms with Gasteiger partial charge in [-0.15, -0.1) is 0 Å². The zero-order valence-electron chi connectivity index (χ0n) is 16.2. The Morgan fingerprint density at radius 1 is 1.36 bits per heavy atom. The molecule has 2 unspecified atom stereocenters. The van der Waals surface area contributed by atoms with Crippen LogP contribution in [0.5, 0.6) is 5.75 Å². The van der Waals surface area contributed by atoms with E-state index in [9.17, 15) is 9.59 Å². The molecule has 2 N–H and O–H groups in total. The Kier molecular flexibility index (Phi) is 4.85. The molecule has 0 bridgehead atoms. The minimum Gasteiger partial charge on any atom is -0.492 e. The molecule has 8 nitrogen and oxygen atoms in total. The molecule has 2 atom stereocenters. The second kappa shape index (κ2) is 7.32. The number of aromatic amines is 1. The third-order valence-electron chi connectivity index (χ3n) is 5.97. The van der Waals surface area contributed by atoms with Crippen LogP contribution in [0.1, 0.15) is 31.7 Å². The molecule has 2 aliphatic rings. The minimum atomic E-state index is -0.384. The Balaban J connectivity index is 1.79. The second-order valence-corrected chi connectivity index (χ2v) is 7.63. The molecule has 28 heavy (non-hydrogen) atoms. The van der Waals surface area contributed by atoms with Gasteiger partial charge in [0.1, 0.15) is 5.52 Å². The van der Waals surface area contributed by atoms with Crippen LogP contribution in [-0.2, 0) is 0 Å². The largest absolute Gasteiger partial charge is 0.492 e. The van der Waals surface area contributed by atoms with E-state index >= 15 is 0 Å². The fraction of sp³-hybridized carbons (Fsp3) is 0.550. The van der Waals surface area contributed by atoms with Crippen molar-refractivity contribution in [3.05, 3.63) is 33.0 Å². The van der Waals surface area contributed by atoms with Crippen molar-refractivity contribution >= 4 is 16.6 Å². The third kappa shape index (κ3) is 3.06. The molecule has 148 valence electrons. The molecule has 1 aliphatic carbocycles. The molecule has 0 spiro atoms. The quantitative estimate of drug-likeness (QED) is 0.781. The van der Waals surface area contributed by atoms with E-state index < -0.39 is 0 Å². The summed E-state index contributed by atoms with van der Waals surface area (Å²) in [7, 11) is 3.47. The van der Waals surface area contributed by atoms with Gasteiger partial charge < -0.3 is 15.0 Å². The van der Waals surface area contributed by atoms with E-state index in [2.05, 4.69) is 21.3 Å². The van der Waals surface area contributed by atoms with E-state index in [1.54, 1.807) is 17.7 Å². The van der Waals surface area contributed by atoms with Crippen molar-refractivity contribution in [1.82, 2.24) is 14.9 Å². The standard InChI is InChI=1S/C20H25N5O3/c1-22-15(7-9-21)12-8-10-24(11-12)16-6-5-14-17(18(16)28-2)25(13-3-4-13)20(27)23-19(14)26/h5-6,12-13,15,22H,3-4,7-8,10-11H2,1-2H3,(H,23,26,27). The summed E-state index contributed by atoms with van der Waals surface area (Å²) in [6.07, 6.45) is 3.30. The second-order valence-electron chi connectivity index (χ2n) is 7.63. The molecule has 4 rings (SSSR count). The van der Waals surface area contributed by atoms with Gasteiger partial charge in [-0.25, -0.2) is 4.79 Å². The summed E-state index contributed by atoms with van der Waals surface area (Å²) < 4.78 is 7.43. The van der Waals surface area contributed by atoms with Gasteiger partial charge in [-0.3, -0.25) is 14.3 Å². The molecule has 2 heterocycles.